The predicted molar refractivity (Wildman–Crippen MR) is 72.8 cm³/mol. The highest BCUT2D eigenvalue weighted by molar-refractivity contribution is 6.31. The minimum Gasteiger partial charge on any atom is -0.439 e. The van der Waals surface area contributed by atoms with Crippen molar-refractivity contribution in [1.29, 1.82) is 0 Å². The molecule has 3 rings (SSSR count). The third-order valence-electron chi connectivity index (χ3n) is 3.68. The largest absolute Gasteiger partial charge is 0.439 e. The quantitative estimate of drug-likeness (QED) is 0.915. The highest BCUT2D eigenvalue weighted by Gasteiger charge is 2.38. The van der Waals surface area contributed by atoms with Crippen LogP contribution in [0.5, 0.6) is 0 Å². The highest BCUT2D eigenvalue weighted by Crippen LogP contribution is 2.36. The average Bonchev–Trinajstić information content (AvgIpc) is 2.95. The van der Waals surface area contributed by atoms with Gasteiger partial charge in [-0.1, -0.05) is 24.9 Å². The van der Waals surface area contributed by atoms with Crippen molar-refractivity contribution in [2.45, 2.75) is 38.1 Å². The van der Waals surface area contributed by atoms with Crippen LogP contribution >= 0.6 is 11.6 Å². The van der Waals surface area contributed by atoms with Crippen molar-refractivity contribution in [3.05, 3.63) is 29.1 Å². The summed E-state index contributed by atoms with van der Waals surface area (Å²) < 4.78 is 5.93. The second-order valence-electron chi connectivity index (χ2n) is 4.99. The normalized spacial score (nSPS) is 23.9. The van der Waals surface area contributed by atoms with Crippen molar-refractivity contribution in [2.75, 3.05) is 6.54 Å². The lowest BCUT2D eigenvalue weighted by atomic mass is 9.92. The minimum atomic E-state index is -0.0692. The molecule has 1 N–H and O–H groups in total. The Balaban J connectivity index is 2.06. The van der Waals surface area contributed by atoms with Gasteiger partial charge in [0.2, 0.25) is 5.89 Å². The fraction of sp³-hybridized carbons (Fsp3) is 0.500. The van der Waals surface area contributed by atoms with Crippen LogP contribution in [0.15, 0.2) is 22.6 Å². The van der Waals surface area contributed by atoms with Gasteiger partial charge in [0.25, 0.3) is 0 Å². The molecule has 0 spiro atoms. The lowest BCUT2D eigenvalue weighted by molar-refractivity contribution is 0.279. The molecule has 1 aromatic carbocycles. The monoisotopic (exact) mass is 264 g/mol. The molecule has 1 saturated heterocycles. The van der Waals surface area contributed by atoms with E-state index < -0.39 is 0 Å². The summed E-state index contributed by atoms with van der Waals surface area (Å²) in [6.45, 7) is 3.24. The number of halogens is 1. The standard InChI is InChI=1S/C14H17ClN2O/c1-2-6-14(7-3-8-16-14)13-17-11-5-4-10(15)9-12(11)18-13/h4-5,9,16H,2-3,6-8H2,1H3. The summed E-state index contributed by atoms with van der Waals surface area (Å²) in [6.07, 6.45) is 4.46. The Hall–Kier alpha value is -1.06. The SMILES string of the molecule is CCCC1(c2nc3ccc(Cl)cc3o2)CCCN1. The Kier molecular flexibility index (Phi) is 3.04. The van der Waals surface area contributed by atoms with Gasteiger partial charge in [-0.2, -0.15) is 0 Å². The van der Waals surface area contributed by atoms with Crippen molar-refractivity contribution in [2.24, 2.45) is 0 Å². The van der Waals surface area contributed by atoms with Crippen molar-refractivity contribution < 1.29 is 4.42 Å². The van der Waals surface area contributed by atoms with Crippen molar-refractivity contribution in [3.8, 4) is 0 Å². The molecule has 4 heteroatoms. The second-order valence-corrected chi connectivity index (χ2v) is 5.43. The summed E-state index contributed by atoms with van der Waals surface area (Å²) in [5.41, 5.74) is 1.60. The predicted octanol–water partition coefficient (Wildman–Crippen LogP) is 3.86. The first kappa shape index (κ1) is 12.0. The van der Waals surface area contributed by atoms with Gasteiger partial charge in [-0.05, 0) is 37.9 Å². The summed E-state index contributed by atoms with van der Waals surface area (Å²) in [7, 11) is 0. The molecule has 1 atom stereocenters. The first-order valence-corrected chi connectivity index (χ1v) is 6.93. The molecule has 2 aromatic rings. The van der Waals surface area contributed by atoms with E-state index in [0.29, 0.717) is 5.02 Å². The van der Waals surface area contributed by atoms with Crippen LogP contribution in [0.4, 0.5) is 0 Å². The topological polar surface area (TPSA) is 38.1 Å². The zero-order chi connectivity index (χ0) is 12.6. The molecule has 1 aliphatic heterocycles. The Morgan fingerprint density at radius 3 is 3.11 bits per heavy atom. The zero-order valence-electron chi connectivity index (χ0n) is 10.5. The van der Waals surface area contributed by atoms with Gasteiger partial charge in [0.15, 0.2) is 5.58 Å². The number of hydrogen-bond donors (Lipinski definition) is 1. The number of aromatic nitrogens is 1. The third kappa shape index (κ3) is 1.91. The number of hydrogen-bond acceptors (Lipinski definition) is 3. The van der Waals surface area contributed by atoms with Crippen LogP contribution in [-0.2, 0) is 5.54 Å². The van der Waals surface area contributed by atoms with Gasteiger partial charge in [0, 0.05) is 11.1 Å². The van der Waals surface area contributed by atoms with E-state index in [1.807, 2.05) is 18.2 Å². The molecule has 1 aliphatic rings. The van der Waals surface area contributed by atoms with E-state index in [1.165, 1.54) is 6.42 Å². The zero-order valence-corrected chi connectivity index (χ0v) is 11.3. The molecular formula is C14H17ClN2O. The number of nitrogens with one attached hydrogen (secondary N) is 1. The van der Waals surface area contributed by atoms with Crippen LogP contribution < -0.4 is 5.32 Å². The molecule has 0 amide bonds. The Morgan fingerprint density at radius 1 is 1.50 bits per heavy atom. The maximum Gasteiger partial charge on any atom is 0.215 e. The van der Waals surface area contributed by atoms with Crippen LogP contribution in [0.25, 0.3) is 11.1 Å². The Labute approximate surface area is 112 Å². The highest BCUT2D eigenvalue weighted by atomic mass is 35.5. The number of oxazole rings is 1. The van der Waals surface area contributed by atoms with E-state index >= 15 is 0 Å². The second kappa shape index (κ2) is 4.56. The van der Waals surface area contributed by atoms with Gasteiger partial charge in [-0.3, -0.25) is 0 Å². The smallest absolute Gasteiger partial charge is 0.215 e. The van der Waals surface area contributed by atoms with Crippen molar-refractivity contribution >= 4 is 22.7 Å². The summed E-state index contributed by atoms with van der Waals surface area (Å²) in [4.78, 5) is 4.64. The van der Waals surface area contributed by atoms with E-state index in [9.17, 15) is 0 Å². The van der Waals surface area contributed by atoms with Gasteiger partial charge >= 0.3 is 0 Å². The van der Waals surface area contributed by atoms with Gasteiger partial charge in [0.05, 0.1) is 5.54 Å². The summed E-state index contributed by atoms with van der Waals surface area (Å²) in [5.74, 6) is 0.819. The van der Waals surface area contributed by atoms with Gasteiger partial charge in [-0.15, -0.1) is 0 Å². The maximum atomic E-state index is 5.98. The lowest BCUT2D eigenvalue weighted by Gasteiger charge is -2.25. The number of rotatable bonds is 3. The molecule has 1 aromatic heterocycles. The molecule has 96 valence electrons. The Morgan fingerprint density at radius 2 is 2.39 bits per heavy atom. The molecule has 18 heavy (non-hydrogen) atoms. The van der Waals surface area contributed by atoms with E-state index in [0.717, 1.165) is 42.8 Å². The van der Waals surface area contributed by atoms with Crippen molar-refractivity contribution in [3.63, 3.8) is 0 Å². The van der Waals surface area contributed by atoms with Crippen LogP contribution in [-0.4, -0.2) is 11.5 Å². The van der Waals surface area contributed by atoms with E-state index in [2.05, 4.69) is 17.2 Å². The molecule has 0 saturated carbocycles. The number of nitrogens with zero attached hydrogens (tertiary/aromatic N) is 1. The van der Waals surface area contributed by atoms with E-state index in [4.69, 9.17) is 16.0 Å². The summed E-state index contributed by atoms with van der Waals surface area (Å²) in [6, 6.07) is 5.60. The summed E-state index contributed by atoms with van der Waals surface area (Å²) in [5, 5.41) is 4.26. The van der Waals surface area contributed by atoms with Crippen LogP contribution in [0, 0.1) is 0 Å². The fourth-order valence-electron chi connectivity index (χ4n) is 2.84. The molecular weight excluding hydrogens is 248 g/mol. The number of benzene rings is 1. The maximum absolute atomic E-state index is 5.98. The van der Waals surface area contributed by atoms with Gasteiger partial charge in [0.1, 0.15) is 5.52 Å². The van der Waals surface area contributed by atoms with E-state index in [1.54, 1.807) is 0 Å². The first-order chi connectivity index (χ1) is 8.73. The Bertz CT molecular complexity index is 558. The average molecular weight is 265 g/mol. The molecule has 1 unspecified atom stereocenters. The van der Waals surface area contributed by atoms with Crippen LogP contribution in [0.3, 0.4) is 0 Å². The van der Waals surface area contributed by atoms with Gasteiger partial charge in [-0.25, -0.2) is 4.98 Å². The summed E-state index contributed by atoms with van der Waals surface area (Å²) >= 11 is 5.98. The molecule has 1 fully saturated rings. The lowest BCUT2D eigenvalue weighted by Crippen LogP contribution is -2.36. The van der Waals surface area contributed by atoms with Crippen LogP contribution in [0.2, 0.25) is 5.02 Å². The third-order valence-corrected chi connectivity index (χ3v) is 3.92. The fourth-order valence-corrected chi connectivity index (χ4v) is 3.00. The van der Waals surface area contributed by atoms with Crippen molar-refractivity contribution in [1.82, 2.24) is 10.3 Å². The van der Waals surface area contributed by atoms with E-state index in [-0.39, 0.29) is 5.54 Å². The molecule has 0 aliphatic carbocycles. The minimum absolute atomic E-state index is 0.0692. The van der Waals surface area contributed by atoms with Crippen LogP contribution in [0.1, 0.15) is 38.5 Å². The molecule has 0 bridgehead atoms. The number of fused-ring (bicyclic) bond motifs is 1. The molecule has 3 nitrogen and oxygen atoms in total. The first-order valence-electron chi connectivity index (χ1n) is 6.55. The molecule has 0 radical (unpaired) electrons. The van der Waals surface area contributed by atoms with Gasteiger partial charge < -0.3 is 9.73 Å². The molecule has 2 heterocycles.